The van der Waals surface area contributed by atoms with Gasteiger partial charge in [0.25, 0.3) is 0 Å². The van der Waals surface area contributed by atoms with Gasteiger partial charge in [0.05, 0.1) is 25.2 Å². The Morgan fingerprint density at radius 2 is 2.22 bits per heavy atom. The Hall–Kier alpha value is -1.88. The molecule has 1 aromatic carbocycles. The van der Waals surface area contributed by atoms with E-state index in [1.807, 2.05) is 17.8 Å². The van der Waals surface area contributed by atoms with Crippen molar-refractivity contribution in [2.24, 2.45) is 7.05 Å². The molecule has 0 fully saturated rings. The van der Waals surface area contributed by atoms with Gasteiger partial charge in [-0.25, -0.2) is 9.37 Å². The fourth-order valence-corrected chi connectivity index (χ4v) is 1.91. The normalized spacial score (nSPS) is 12.4. The number of benzene rings is 1. The molecule has 96 valence electrons. The summed E-state index contributed by atoms with van der Waals surface area (Å²) in [5.41, 5.74) is 1.33. The van der Waals surface area contributed by atoms with E-state index in [-0.39, 0.29) is 11.9 Å². The average molecular weight is 249 g/mol. The van der Waals surface area contributed by atoms with E-state index in [1.165, 1.54) is 13.2 Å². The van der Waals surface area contributed by atoms with E-state index in [0.717, 1.165) is 5.69 Å². The highest BCUT2D eigenvalue weighted by Crippen LogP contribution is 2.25. The lowest BCUT2D eigenvalue weighted by Gasteiger charge is -2.15. The molecule has 0 aliphatic rings. The molecular weight excluding hydrogens is 233 g/mol. The van der Waals surface area contributed by atoms with Gasteiger partial charge in [0, 0.05) is 24.9 Å². The van der Waals surface area contributed by atoms with Crippen LogP contribution in [0.1, 0.15) is 17.3 Å². The minimum absolute atomic E-state index is 0.267. The Kier molecular flexibility index (Phi) is 3.62. The van der Waals surface area contributed by atoms with Gasteiger partial charge in [0.2, 0.25) is 0 Å². The molecule has 5 heteroatoms. The monoisotopic (exact) mass is 249 g/mol. The number of imidazole rings is 1. The zero-order valence-electron chi connectivity index (χ0n) is 10.6. The Bertz CT molecular complexity index is 539. The summed E-state index contributed by atoms with van der Waals surface area (Å²) >= 11 is 0. The Morgan fingerprint density at radius 1 is 1.44 bits per heavy atom. The summed E-state index contributed by atoms with van der Waals surface area (Å²) in [6.45, 7) is 0. The average Bonchev–Trinajstić information content (AvgIpc) is 2.78. The summed E-state index contributed by atoms with van der Waals surface area (Å²) in [6, 6.07) is 4.57. The zero-order chi connectivity index (χ0) is 13.1. The van der Waals surface area contributed by atoms with Crippen LogP contribution in [0.4, 0.5) is 4.39 Å². The van der Waals surface area contributed by atoms with Crippen molar-refractivity contribution in [3.63, 3.8) is 0 Å². The third-order valence-corrected chi connectivity index (χ3v) is 2.83. The van der Waals surface area contributed by atoms with Crippen molar-refractivity contribution in [2.45, 2.75) is 6.04 Å². The highest BCUT2D eigenvalue weighted by Gasteiger charge is 2.18. The first-order valence-corrected chi connectivity index (χ1v) is 5.64. The second-order valence-electron chi connectivity index (χ2n) is 4.07. The number of hydrogen-bond donors (Lipinski definition) is 1. The molecule has 0 bridgehead atoms. The smallest absolute Gasteiger partial charge is 0.132 e. The van der Waals surface area contributed by atoms with Gasteiger partial charge in [-0.2, -0.15) is 0 Å². The maximum Gasteiger partial charge on any atom is 0.132 e. The molecule has 2 aromatic rings. The van der Waals surface area contributed by atoms with Crippen molar-refractivity contribution in [3.05, 3.63) is 47.8 Å². The first-order valence-electron chi connectivity index (χ1n) is 5.64. The van der Waals surface area contributed by atoms with Crippen LogP contribution in [0, 0.1) is 5.82 Å². The minimum atomic E-state index is -0.306. The SMILES string of the molecule is CNC(c1cn(C)cn1)c1ccc(OC)cc1F. The summed E-state index contributed by atoms with van der Waals surface area (Å²) in [5, 5.41) is 3.07. The van der Waals surface area contributed by atoms with Gasteiger partial charge in [-0.3, -0.25) is 0 Å². The largest absolute Gasteiger partial charge is 0.497 e. The Morgan fingerprint density at radius 3 is 2.72 bits per heavy atom. The van der Waals surface area contributed by atoms with Crippen molar-refractivity contribution in [1.82, 2.24) is 14.9 Å². The molecule has 4 nitrogen and oxygen atoms in total. The van der Waals surface area contributed by atoms with Gasteiger partial charge in [-0.05, 0) is 13.1 Å². The number of rotatable bonds is 4. The number of aryl methyl sites for hydroxylation is 1. The van der Waals surface area contributed by atoms with Crippen molar-refractivity contribution >= 4 is 0 Å². The van der Waals surface area contributed by atoms with Crippen LogP contribution in [-0.4, -0.2) is 23.7 Å². The summed E-state index contributed by atoms with van der Waals surface area (Å²) in [6.07, 6.45) is 3.56. The lowest BCUT2D eigenvalue weighted by Crippen LogP contribution is -2.19. The van der Waals surface area contributed by atoms with Crippen LogP contribution >= 0.6 is 0 Å². The molecule has 0 aliphatic carbocycles. The summed E-state index contributed by atoms with van der Waals surface area (Å²) < 4.78 is 20.8. The number of halogens is 1. The molecule has 18 heavy (non-hydrogen) atoms. The third kappa shape index (κ3) is 2.36. The third-order valence-electron chi connectivity index (χ3n) is 2.83. The first kappa shape index (κ1) is 12.6. The highest BCUT2D eigenvalue weighted by atomic mass is 19.1. The number of nitrogens with zero attached hydrogens (tertiary/aromatic N) is 2. The number of nitrogens with one attached hydrogen (secondary N) is 1. The van der Waals surface area contributed by atoms with Crippen LogP contribution < -0.4 is 10.1 Å². The summed E-state index contributed by atoms with van der Waals surface area (Å²) in [4.78, 5) is 4.25. The maximum absolute atomic E-state index is 14.0. The molecular formula is C13H16FN3O. The lowest BCUT2D eigenvalue weighted by molar-refractivity contribution is 0.410. The van der Waals surface area contributed by atoms with Crippen LogP contribution in [0.2, 0.25) is 0 Å². The van der Waals surface area contributed by atoms with Gasteiger partial charge >= 0.3 is 0 Å². The van der Waals surface area contributed by atoms with Crippen molar-refractivity contribution < 1.29 is 9.13 Å². The number of ether oxygens (including phenoxy) is 1. The van der Waals surface area contributed by atoms with E-state index < -0.39 is 0 Å². The van der Waals surface area contributed by atoms with Gasteiger partial charge in [-0.15, -0.1) is 0 Å². The lowest BCUT2D eigenvalue weighted by atomic mass is 10.0. The number of methoxy groups -OCH3 is 1. The first-order chi connectivity index (χ1) is 8.65. The molecule has 1 unspecified atom stereocenters. The molecule has 1 atom stereocenters. The molecule has 0 amide bonds. The number of hydrogen-bond acceptors (Lipinski definition) is 3. The predicted molar refractivity (Wildman–Crippen MR) is 67.1 cm³/mol. The molecule has 0 spiro atoms. The quantitative estimate of drug-likeness (QED) is 0.899. The van der Waals surface area contributed by atoms with Crippen molar-refractivity contribution in [3.8, 4) is 5.75 Å². The molecule has 1 aromatic heterocycles. The van der Waals surface area contributed by atoms with E-state index >= 15 is 0 Å². The fourth-order valence-electron chi connectivity index (χ4n) is 1.91. The highest BCUT2D eigenvalue weighted by molar-refractivity contribution is 5.34. The molecule has 1 N–H and O–H groups in total. The molecule has 0 saturated heterocycles. The van der Waals surface area contributed by atoms with Crippen LogP contribution in [0.15, 0.2) is 30.7 Å². The molecule has 2 rings (SSSR count). The van der Waals surface area contributed by atoms with Crippen LogP contribution in [0.25, 0.3) is 0 Å². The minimum Gasteiger partial charge on any atom is -0.497 e. The van der Waals surface area contributed by atoms with Crippen molar-refractivity contribution in [2.75, 3.05) is 14.2 Å². The predicted octanol–water partition coefficient (Wildman–Crippen LogP) is 1.88. The van der Waals surface area contributed by atoms with Gasteiger partial charge in [0.1, 0.15) is 11.6 Å². The second-order valence-corrected chi connectivity index (χ2v) is 4.07. The second kappa shape index (κ2) is 5.18. The van der Waals surface area contributed by atoms with Crippen LogP contribution in [0.3, 0.4) is 0 Å². The van der Waals surface area contributed by atoms with E-state index in [4.69, 9.17) is 4.74 Å². The standard InChI is InChI=1S/C13H16FN3O/c1-15-13(12-7-17(2)8-16-12)10-5-4-9(18-3)6-11(10)14/h4-8,13,15H,1-3H3. The summed E-state index contributed by atoms with van der Waals surface area (Å²) in [7, 11) is 5.18. The number of aromatic nitrogens is 2. The van der Waals surface area contributed by atoms with E-state index in [1.54, 1.807) is 25.5 Å². The maximum atomic E-state index is 14.0. The van der Waals surface area contributed by atoms with E-state index in [2.05, 4.69) is 10.3 Å². The summed E-state index contributed by atoms with van der Waals surface area (Å²) in [5.74, 6) is 0.200. The van der Waals surface area contributed by atoms with Crippen molar-refractivity contribution in [1.29, 1.82) is 0 Å². The van der Waals surface area contributed by atoms with Gasteiger partial charge in [0.15, 0.2) is 0 Å². The Balaban J connectivity index is 2.39. The van der Waals surface area contributed by atoms with Crippen LogP contribution in [0.5, 0.6) is 5.75 Å². The van der Waals surface area contributed by atoms with Crippen LogP contribution in [-0.2, 0) is 7.05 Å². The van der Waals surface area contributed by atoms with Gasteiger partial charge < -0.3 is 14.6 Å². The topological polar surface area (TPSA) is 39.1 Å². The van der Waals surface area contributed by atoms with Gasteiger partial charge in [-0.1, -0.05) is 6.07 Å². The molecule has 0 saturated carbocycles. The zero-order valence-corrected chi connectivity index (χ0v) is 10.6. The molecule has 1 heterocycles. The Labute approximate surface area is 105 Å². The fraction of sp³-hybridized carbons (Fsp3) is 0.308. The molecule has 0 aliphatic heterocycles. The van der Waals surface area contributed by atoms with E-state index in [0.29, 0.717) is 11.3 Å². The van der Waals surface area contributed by atoms with E-state index in [9.17, 15) is 4.39 Å². The molecule has 0 radical (unpaired) electrons.